The van der Waals surface area contributed by atoms with Gasteiger partial charge >= 0.3 is 5.97 Å². The third kappa shape index (κ3) is 1.90. The summed E-state index contributed by atoms with van der Waals surface area (Å²) in [4.78, 5) is 11.2. The molecule has 5 nitrogen and oxygen atoms in total. The van der Waals surface area contributed by atoms with E-state index < -0.39 is 32.5 Å². The van der Waals surface area contributed by atoms with Gasteiger partial charge in [-0.15, -0.1) is 0 Å². The molecular formula is C11H12ClNO4S. The van der Waals surface area contributed by atoms with Gasteiger partial charge in [-0.3, -0.25) is 4.79 Å². The Morgan fingerprint density at radius 1 is 1.39 bits per heavy atom. The first kappa shape index (κ1) is 13.3. The fourth-order valence-electron chi connectivity index (χ4n) is 2.35. The van der Waals surface area contributed by atoms with Gasteiger partial charge in [0.2, 0.25) is 0 Å². The van der Waals surface area contributed by atoms with E-state index in [4.69, 9.17) is 22.4 Å². The molecule has 3 unspecified atom stereocenters. The summed E-state index contributed by atoms with van der Waals surface area (Å²) in [7, 11) is -3.53. The van der Waals surface area contributed by atoms with E-state index in [1.165, 1.54) is 0 Å². The number of benzene rings is 1. The van der Waals surface area contributed by atoms with Crippen LogP contribution in [0.25, 0.3) is 0 Å². The lowest BCUT2D eigenvalue weighted by Gasteiger charge is -2.04. The first-order valence-electron chi connectivity index (χ1n) is 5.15. The van der Waals surface area contributed by atoms with Gasteiger partial charge in [-0.25, -0.2) is 8.42 Å². The Morgan fingerprint density at radius 2 is 1.89 bits per heavy atom. The average molecular weight is 290 g/mol. The Bertz CT molecular complexity index is 598. The van der Waals surface area contributed by atoms with Gasteiger partial charge in [-0.1, -0.05) is 23.7 Å². The molecule has 0 saturated heterocycles. The second kappa shape index (κ2) is 3.94. The molecular weight excluding hydrogens is 278 g/mol. The molecule has 1 aliphatic rings. The lowest BCUT2D eigenvalue weighted by Crippen LogP contribution is -2.39. The highest BCUT2D eigenvalue weighted by atomic mass is 35.5. The quantitative estimate of drug-likeness (QED) is 0.851. The van der Waals surface area contributed by atoms with Gasteiger partial charge in [0, 0.05) is 17.2 Å². The van der Waals surface area contributed by atoms with Gasteiger partial charge in [-0.05, 0) is 17.7 Å². The molecule has 0 spiro atoms. The molecule has 1 aromatic rings. The maximum absolute atomic E-state index is 11.6. The molecule has 1 aromatic carbocycles. The van der Waals surface area contributed by atoms with E-state index in [-0.39, 0.29) is 0 Å². The number of rotatable bonds is 3. The summed E-state index contributed by atoms with van der Waals surface area (Å²) < 4.78 is 23.2. The minimum absolute atomic E-state index is 0.494. The van der Waals surface area contributed by atoms with Crippen molar-refractivity contribution in [3.8, 4) is 0 Å². The van der Waals surface area contributed by atoms with E-state index in [0.29, 0.717) is 10.6 Å². The van der Waals surface area contributed by atoms with Crippen LogP contribution < -0.4 is 5.73 Å². The first-order chi connectivity index (χ1) is 8.19. The van der Waals surface area contributed by atoms with E-state index in [1.807, 2.05) is 0 Å². The topological polar surface area (TPSA) is 97.5 Å². The highest BCUT2D eigenvalue weighted by Crippen LogP contribution is 2.54. The van der Waals surface area contributed by atoms with Crippen molar-refractivity contribution < 1.29 is 18.3 Å². The number of halogens is 1. The van der Waals surface area contributed by atoms with E-state index in [1.54, 1.807) is 24.3 Å². The van der Waals surface area contributed by atoms with Crippen LogP contribution >= 0.6 is 11.6 Å². The van der Waals surface area contributed by atoms with Crippen molar-refractivity contribution in [2.75, 3.05) is 6.26 Å². The summed E-state index contributed by atoms with van der Waals surface area (Å²) in [6.07, 6.45) is 0.998. The molecule has 2 rings (SSSR count). The molecule has 0 heterocycles. The third-order valence-electron chi connectivity index (χ3n) is 3.24. The average Bonchev–Trinajstić information content (AvgIpc) is 2.87. The lowest BCUT2D eigenvalue weighted by atomic mass is 10.1. The van der Waals surface area contributed by atoms with Crippen LogP contribution in [-0.2, 0) is 14.6 Å². The molecule has 98 valence electrons. The highest BCUT2D eigenvalue weighted by molar-refractivity contribution is 7.91. The zero-order valence-corrected chi connectivity index (χ0v) is 11.1. The summed E-state index contributed by atoms with van der Waals surface area (Å²) in [5.74, 6) is -2.04. The second-order valence-electron chi connectivity index (χ2n) is 4.52. The molecule has 0 amide bonds. The molecule has 1 fully saturated rings. The number of hydrogen-bond acceptors (Lipinski definition) is 4. The van der Waals surface area contributed by atoms with Crippen LogP contribution in [0.15, 0.2) is 24.3 Å². The van der Waals surface area contributed by atoms with Crippen LogP contribution in [0, 0.1) is 0 Å². The van der Waals surface area contributed by atoms with Crippen LogP contribution in [-0.4, -0.2) is 36.5 Å². The van der Waals surface area contributed by atoms with Crippen molar-refractivity contribution in [3.05, 3.63) is 34.9 Å². The van der Waals surface area contributed by atoms with Crippen molar-refractivity contribution in [1.82, 2.24) is 0 Å². The van der Waals surface area contributed by atoms with Crippen LogP contribution in [0.4, 0.5) is 0 Å². The minimum Gasteiger partial charge on any atom is -0.480 e. The van der Waals surface area contributed by atoms with Crippen molar-refractivity contribution in [3.63, 3.8) is 0 Å². The Labute approximate surface area is 109 Å². The predicted octanol–water partition coefficient (Wildman–Crippen LogP) is 0.633. The smallest absolute Gasteiger partial charge is 0.325 e. The number of carboxylic acids is 1. The fourth-order valence-corrected chi connectivity index (χ4v) is 4.23. The number of carbonyl (C=O) groups is 1. The SMILES string of the molecule is CS(=O)(=O)C1C(c2ccc(Cl)cc2)C1(N)C(=O)O. The van der Waals surface area contributed by atoms with Crippen molar-refractivity contribution in [1.29, 1.82) is 0 Å². The lowest BCUT2D eigenvalue weighted by molar-refractivity contribution is -0.139. The van der Waals surface area contributed by atoms with Gasteiger partial charge < -0.3 is 10.8 Å². The van der Waals surface area contributed by atoms with Crippen LogP contribution in [0.3, 0.4) is 0 Å². The van der Waals surface area contributed by atoms with E-state index in [9.17, 15) is 13.2 Å². The molecule has 0 aromatic heterocycles. The number of aliphatic carboxylic acids is 1. The number of hydrogen-bond donors (Lipinski definition) is 2. The van der Waals surface area contributed by atoms with Crippen LogP contribution in [0.1, 0.15) is 11.5 Å². The summed E-state index contributed by atoms with van der Waals surface area (Å²) in [6, 6.07) is 6.36. The molecule has 0 aliphatic heterocycles. The number of carboxylic acid groups (broad SMARTS) is 1. The Hall–Kier alpha value is -1.11. The van der Waals surface area contributed by atoms with E-state index >= 15 is 0 Å². The predicted molar refractivity (Wildman–Crippen MR) is 67.4 cm³/mol. The molecule has 3 atom stereocenters. The van der Waals surface area contributed by atoms with Gasteiger partial charge in [0.05, 0.1) is 5.25 Å². The van der Waals surface area contributed by atoms with Gasteiger partial charge in [-0.2, -0.15) is 0 Å². The molecule has 0 bridgehead atoms. The summed E-state index contributed by atoms with van der Waals surface area (Å²) in [6.45, 7) is 0. The third-order valence-corrected chi connectivity index (χ3v) is 5.08. The normalized spacial score (nSPS) is 31.1. The Morgan fingerprint density at radius 3 is 2.22 bits per heavy atom. The summed E-state index contributed by atoms with van der Waals surface area (Å²) in [5.41, 5.74) is 4.54. The Balaban J connectivity index is 2.45. The number of nitrogens with two attached hydrogens (primary N) is 1. The van der Waals surface area contributed by atoms with E-state index in [2.05, 4.69) is 0 Å². The second-order valence-corrected chi connectivity index (χ2v) is 7.12. The largest absolute Gasteiger partial charge is 0.480 e. The molecule has 0 radical (unpaired) electrons. The molecule has 1 saturated carbocycles. The van der Waals surface area contributed by atoms with Gasteiger partial charge in [0.15, 0.2) is 9.84 Å². The van der Waals surface area contributed by atoms with Crippen LogP contribution in [0.2, 0.25) is 5.02 Å². The standard InChI is InChI=1S/C11H12ClNO4S/c1-18(16,17)9-8(11(9,13)10(14)15)6-2-4-7(12)5-3-6/h2-5,8-9H,13H2,1H3,(H,14,15). The van der Waals surface area contributed by atoms with Crippen molar-refractivity contribution in [2.24, 2.45) is 5.73 Å². The summed E-state index contributed by atoms with van der Waals surface area (Å²) >= 11 is 5.73. The minimum atomic E-state index is -3.53. The van der Waals surface area contributed by atoms with E-state index in [0.717, 1.165) is 6.26 Å². The molecule has 18 heavy (non-hydrogen) atoms. The Kier molecular flexibility index (Phi) is 2.92. The molecule has 3 N–H and O–H groups in total. The fraction of sp³-hybridized carbons (Fsp3) is 0.364. The van der Waals surface area contributed by atoms with Crippen LogP contribution in [0.5, 0.6) is 0 Å². The van der Waals surface area contributed by atoms with Gasteiger partial charge in [0.1, 0.15) is 5.54 Å². The summed E-state index contributed by atoms with van der Waals surface area (Å²) in [5, 5.41) is 8.52. The highest BCUT2D eigenvalue weighted by Gasteiger charge is 2.73. The molecule has 1 aliphatic carbocycles. The maximum atomic E-state index is 11.6. The molecule has 7 heteroatoms. The monoisotopic (exact) mass is 289 g/mol. The first-order valence-corrected chi connectivity index (χ1v) is 7.49. The maximum Gasteiger partial charge on any atom is 0.325 e. The van der Waals surface area contributed by atoms with Gasteiger partial charge in [0.25, 0.3) is 0 Å². The zero-order valence-electron chi connectivity index (χ0n) is 9.50. The number of sulfone groups is 1. The zero-order chi connectivity index (χ0) is 13.7. The van der Waals surface area contributed by atoms with Crippen molar-refractivity contribution >= 4 is 27.4 Å². The van der Waals surface area contributed by atoms with Crippen molar-refractivity contribution in [2.45, 2.75) is 16.7 Å².